The molecule has 6 nitrogen and oxygen atoms in total. The van der Waals surface area contributed by atoms with E-state index in [0.29, 0.717) is 11.5 Å². The molecular weight excluding hydrogens is 315 g/mol. The highest BCUT2D eigenvalue weighted by Crippen LogP contribution is 2.27. The molecule has 8 heteroatoms. The summed E-state index contributed by atoms with van der Waals surface area (Å²) in [6.45, 7) is 0. The second kappa shape index (κ2) is 5.65. The first-order valence-corrected chi connectivity index (χ1v) is 7.49. The van der Waals surface area contributed by atoms with E-state index in [1.165, 1.54) is 23.7 Å². The molecule has 0 bridgehead atoms. The number of aromatic nitrogens is 5. The Hall–Kier alpha value is -3.00. The number of nitrogens with one attached hydrogen (secondary N) is 1. The van der Waals surface area contributed by atoms with Gasteiger partial charge in [0.25, 0.3) is 0 Å². The standard InChI is InChI=1S/C15H8FN6S/c16-10-7-19-15(22-14-17-4-1-5-18-14)21-13(10)9-2-3-12-11(6-9)20-8-23-12/h2-8H,(H,17,18,19,21,22). The predicted octanol–water partition coefficient (Wildman–Crippen LogP) is 3.23. The van der Waals surface area contributed by atoms with Crippen molar-refractivity contribution in [1.82, 2.24) is 24.9 Å². The highest BCUT2D eigenvalue weighted by Gasteiger charge is 2.11. The second-order valence-electron chi connectivity index (χ2n) is 4.56. The second-order valence-corrected chi connectivity index (χ2v) is 5.44. The molecule has 1 radical (unpaired) electrons. The molecule has 0 amide bonds. The quantitative estimate of drug-likeness (QED) is 0.624. The first-order valence-electron chi connectivity index (χ1n) is 6.61. The van der Waals surface area contributed by atoms with Gasteiger partial charge in [-0.2, -0.15) is 0 Å². The Kier molecular flexibility index (Phi) is 3.35. The topological polar surface area (TPSA) is 76.5 Å². The van der Waals surface area contributed by atoms with E-state index in [9.17, 15) is 4.39 Å². The van der Waals surface area contributed by atoms with Crippen molar-refractivity contribution < 1.29 is 4.39 Å². The van der Waals surface area contributed by atoms with Crippen LogP contribution in [0.4, 0.5) is 16.3 Å². The summed E-state index contributed by atoms with van der Waals surface area (Å²) in [5.74, 6) is 0.0229. The molecule has 3 heterocycles. The SMILES string of the molecule is Fc1cnc(Nc2nc[c]cn2)nc1-c1ccc2scnc2c1. The van der Waals surface area contributed by atoms with Crippen LogP contribution in [0.2, 0.25) is 0 Å². The normalized spacial score (nSPS) is 10.8. The third-order valence-corrected chi connectivity index (χ3v) is 3.90. The first kappa shape index (κ1) is 13.6. The zero-order valence-corrected chi connectivity index (χ0v) is 12.4. The van der Waals surface area contributed by atoms with Crippen molar-refractivity contribution in [3.05, 3.63) is 54.2 Å². The molecule has 0 fully saturated rings. The molecule has 0 saturated heterocycles. The lowest BCUT2D eigenvalue weighted by Crippen LogP contribution is -2.02. The van der Waals surface area contributed by atoms with E-state index in [-0.39, 0.29) is 11.6 Å². The lowest BCUT2D eigenvalue weighted by Gasteiger charge is -2.06. The summed E-state index contributed by atoms with van der Waals surface area (Å²) < 4.78 is 15.2. The van der Waals surface area contributed by atoms with Crippen LogP contribution in [0, 0.1) is 11.9 Å². The fraction of sp³-hybridized carbons (Fsp3) is 0. The van der Waals surface area contributed by atoms with Gasteiger partial charge in [0.1, 0.15) is 5.69 Å². The van der Waals surface area contributed by atoms with E-state index in [4.69, 9.17) is 0 Å². The van der Waals surface area contributed by atoms with Gasteiger partial charge in [0.15, 0.2) is 5.82 Å². The minimum absolute atomic E-state index is 0.194. The first-order chi connectivity index (χ1) is 11.3. The number of halogens is 1. The van der Waals surface area contributed by atoms with Crippen molar-refractivity contribution in [2.75, 3.05) is 5.32 Å². The average Bonchev–Trinajstić information content (AvgIpc) is 3.05. The van der Waals surface area contributed by atoms with Crippen molar-refractivity contribution in [3.8, 4) is 11.3 Å². The van der Waals surface area contributed by atoms with E-state index in [1.807, 2.05) is 12.1 Å². The summed E-state index contributed by atoms with van der Waals surface area (Å²) in [6.07, 6.45) is 4.05. The van der Waals surface area contributed by atoms with E-state index in [1.54, 1.807) is 11.6 Å². The number of anilines is 2. The fourth-order valence-electron chi connectivity index (χ4n) is 2.06. The van der Waals surface area contributed by atoms with E-state index >= 15 is 0 Å². The van der Waals surface area contributed by atoms with Crippen molar-refractivity contribution in [1.29, 1.82) is 0 Å². The molecule has 0 atom stereocenters. The van der Waals surface area contributed by atoms with Gasteiger partial charge in [-0.25, -0.2) is 29.3 Å². The maximum atomic E-state index is 14.1. The number of hydrogen-bond acceptors (Lipinski definition) is 7. The lowest BCUT2D eigenvalue weighted by atomic mass is 10.1. The number of benzene rings is 1. The van der Waals surface area contributed by atoms with Crippen molar-refractivity contribution in [2.24, 2.45) is 0 Å². The molecule has 0 spiro atoms. The van der Waals surface area contributed by atoms with Crippen LogP contribution >= 0.6 is 11.3 Å². The molecule has 0 aliphatic rings. The highest BCUT2D eigenvalue weighted by molar-refractivity contribution is 7.16. The maximum Gasteiger partial charge on any atom is 0.230 e. The molecule has 0 unspecified atom stereocenters. The summed E-state index contributed by atoms with van der Waals surface area (Å²) in [5.41, 5.74) is 3.39. The number of thiazole rings is 1. The zero-order valence-electron chi connectivity index (χ0n) is 11.6. The third-order valence-electron chi connectivity index (χ3n) is 3.09. The van der Waals surface area contributed by atoms with Crippen LogP contribution in [0.1, 0.15) is 0 Å². The average molecular weight is 323 g/mol. The molecule has 111 valence electrons. The van der Waals surface area contributed by atoms with Gasteiger partial charge in [-0.15, -0.1) is 11.3 Å². The van der Waals surface area contributed by atoms with Gasteiger partial charge in [-0.3, -0.25) is 5.32 Å². The molecule has 0 aliphatic heterocycles. The van der Waals surface area contributed by atoms with Gasteiger partial charge in [-0.1, -0.05) is 6.07 Å². The van der Waals surface area contributed by atoms with Crippen LogP contribution in [0.25, 0.3) is 21.5 Å². The fourth-order valence-corrected chi connectivity index (χ4v) is 2.72. The summed E-state index contributed by atoms with van der Waals surface area (Å²) in [4.78, 5) is 20.3. The van der Waals surface area contributed by atoms with E-state index in [0.717, 1.165) is 16.4 Å². The van der Waals surface area contributed by atoms with Crippen LogP contribution in [0.5, 0.6) is 0 Å². The predicted molar refractivity (Wildman–Crippen MR) is 84.8 cm³/mol. The number of nitrogens with zero attached hydrogens (tertiary/aromatic N) is 5. The minimum atomic E-state index is -0.507. The highest BCUT2D eigenvalue weighted by atomic mass is 32.1. The summed E-state index contributed by atoms with van der Waals surface area (Å²) in [6, 6.07) is 8.22. The Morgan fingerprint density at radius 3 is 2.78 bits per heavy atom. The minimum Gasteiger partial charge on any atom is -0.293 e. The number of hydrogen-bond donors (Lipinski definition) is 1. The summed E-state index contributed by atoms with van der Waals surface area (Å²) >= 11 is 1.53. The Labute approximate surface area is 134 Å². The van der Waals surface area contributed by atoms with Crippen molar-refractivity contribution in [2.45, 2.75) is 0 Å². The monoisotopic (exact) mass is 323 g/mol. The van der Waals surface area contributed by atoms with E-state index in [2.05, 4.69) is 36.3 Å². The molecule has 1 N–H and O–H groups in total. The molecule has 0 saturated carbocycles. The molecule has 1 aromatic carbocycles. The Bertz CT molecular complexity index is 972. The third kappa shape index (κ3) is 2.71. The molecule has 0 aliphatic carbocycles. The summed E-state index contributed by atoms with van der Waals surface area (Å²) in [7, 11) is 0. The maximum absolute atomic E-state index is 14.1. The van der Waals surface area contributed by atoms with Gasteiger partial charge in [-0.05, 0) is 12.1 Å². The number of fused-ring (bicyclic) bond motifs is 1. The Morgan fingerprint density at radius 2 is 1.91 bits per heavy atom. The smallest absolute Gasteiger partial charge is 0.230 e. The van der Waals surface area contributed by atoms with Gasteiger partial charge >= 0.3 is 0 Å². The Balaban J connectivity index is 1.74. The van der Waals surface area contributed by atoms with Crippen molar-refractivity contribution in [3.63, 3.8) is 0 Å². The van der Waals surface area contributed by atoms with Gasteiger partial charge in [0, 0.05) is 24.0 Å². The van der Waals surface area contributed by atoms with Gasteiger partial charge in [0.05, 0.1) is 21.9 Å². The molecular formula is C15H8FN6S. The van der Waals surface area contributed by atoms with Gasteiger partial charge < -0.3 is 0 Å². The van der Waals surface area contributed by atoms with Crippen LogP contribution in [0.15, 0.2) is 42.3 Å². The molecule has 4 aromatic rings. The van der Waals surface area contributed by atoms with E-state index < -0.39 is 5.82 Å². The zero-order chi connectivity index (χ0) is 15.6. The van der Waals surface area contributed by atoms with Crippen LogP contribution in [-0.4, -0.2) is 24.9 Å². The number of rotatable bonds is 3. The van der Waals surface area contributed by atoms with Crippen LogP contribution in [0.3, 0.4) is 0 Å². The molecule has 4 rings (SSSR count). The lowest BCUT2D eigenvalue weighted by molar-refractivity contribution is 0.619. The largest absolute Gasteiger partial charge is 0.293 e. The van der Waals surface area contributed by atoms with Gasteiger partial charge in [0.2, 0.25) is 11.9 Å². The summed E-state index contributed by atoms with van der Waals surface area (Å²) in [5, 5.41) is 2.83. The van der Waals surface area contributed by atoms with Crippen molar-refractivity contribution >= 4 is 33.5 Å². The molecule has 3 aromatic heterocycles. The van der Waals surface area contributed by atoms with Crippen LogP contribution in [-0.2, 0) is 0 Å². The molecule has 23 heavy (non-hydrogen) atoms. The Morgan fingerprint density at radius 1 is 1.04 bits per heavy atom. The van der Waals surface area contributed by atoms with Crippen LogP contribution < -0.4 is 5.32 Å².